The summed E-state index contributed by atoms with van der Waals surface area (Å²) < 4.78 is 10.8. The number of ether oxygens (including phenoxy) is 2. The van der Waals surface area contributed by atoms with E-state index in [1.807, 2.05) is 0 Å². The predicted octanol–water partition coefficient (Wildman–Crippen LogP) is 1.20. The number of hydrogen-bond acceptors (Lipinski definition) is 3. The van der Waals surface area contributed by atoms with E-state index in [0.717, 1.165) is 39.1 Å². The summed E-state index contributed by atoms with van der Waals surface area (Å²) in [5.74, 6) is 1.22. The summed E-state index contributed by atoms with van der Waals surface area (Å²) in [6, 6.07) is 0. The highest BCUT2D eigenvalue weighted by Gasteiger charge is 2.40. The van der Waals surface area contributed by atoms with E-state index in [2.05, 4.69) is 6.92 Å². The molecule has 1 N–H and O–H groups in total. The van der Waals surface area contributed by atoms with Gasteiger partial charge in [0.15, 0.2) is 0 Å². The Morgan fingerprint density at radius 3 is 2.86 bits per heavy atom. The quantitative estimate of drug-likeness (QED) is 0.741. The molecule has 14 heavy (non-hydrogen) atoms. The van der Waals surface area contributed by atoms with E-state index in [-0.39, 0.29) is 0 Å². The van der Waals surface area contributed by atoms with Crippen molar-refractivity contribution in [2.75, 3.05) is 26.4 Å². The highest BCUT2D eigenvalue weighted by atomic mass is 16.5. The molecular weight excluding hydrogens is 180 g/mol. The highest BCUT2D eigenvalue weighted by Crippen LogP contribution is 2.37. The van der Waals surface area contributed by atoms with Crippen LogP contribution in [0.25, 0.3) is 0 Å². The Morgan fingerprint density at radius 1 is 1.50 bits per heavy atom. The minimum Gasteiger partial charge on any atom is -0.387 e. The molecule has 2 fully saturated rings. The van der Waals surface area contributed by atoms with Gasteiger partial charge in [-0.3, -0.25) is 0 Å². The smallest absolute Gasteiger partial charge is 0.0885 e. The van der Waals surface area contributed by atoms with Gasteiger partial charge in [-0.2, -0.15) is 0 Å². The third-order valence-electron chi connectivity index (χ3n) is 3.21. The van der Waals surface area contributed by atoms with Crippen molar-refractivity contribution < 1.29 is 14.6 Å². The summed E-state index contributed by atoms with van der Waals surface area (Å²) >= 11 is 0. The molecule has 0 amide bonds. The molecule has 1 aliphatic carbocycles. The SMILES string of the molecule is CC1CC(O)(COCC2CCOC2)C1. The maximum atomic E-state index is 9.90. The molecule has 1 unspecified atom stereocenters. The van der Waals surface area contributed by atoms with Crippen LogP contribution in [-0.4, -0.2) is 37.1 Å². The van der Waals surface area contributed by atoms with E-state index in [9.17, 15) is 5.11 Å². The van der Waals surface area contributed by atoms with Gasteiger partial charge in [-0.05, 0) is 25.2 Å². The molecule has 0 aromatic rings. The molecule has 0 bridgehead atoms. The minimum absolute atomic E-state index is 0.508. The van der Waals surface area contributed by atoms with E-state index in [1.165, 1.54) is 0 Å². The summed E-state index contributed by atoms with van der Waals surface area (Å²) in [4.78, 5) is 0. The standard InChI is InChI=1S/C11H20O3/c1-9-4-11(12,5-9)8-14-7-10-2-3-13-6-10/h9-10,12H,2-8H2,1H3. The van der Waals surface area contributed by atoms with Crippen molar-refractivity contribution in [2.24, 2.45) is 11.8 Å². The molecular formula is C11H20O3. The fourth-order valence-corrected chi connectivity index (χ4v) is 2.49. The first-order valence-electron chi connectivity index (χ1n) is 5.56. The molecule has 1 saturated heterocycles. The Morgan fingerprint density at radius 2 is 2.29 bits per heavy atom. The molecule has 2 aliphatic rings. The fourth-order valence-electron chi connectivity index (χ4n) is 2.49. The lowest BCUT2D eigenvalue weighted by atomic mass is 9.72. The molecule has 1 heterocycles. The lowest BCUT2D eigenvalue weighted by Crippen LogP contribution is -2.46. The zero-order valence-corrected chi connectivity index (χ0v) is 8.87. The van der Waals surface area contributed by atoms with Gasteiger partial charge in [0.05, 0.1) is 25.4 Å². The van der Waals surface area contributed by atoms with Gasteiger partial charge in [-0.15, -0.1) is 0 Å². The molecule has 0 aromatic carbocycles. The van der Waals surface area contributed by atoms with E-state index >= 15 is 0 Å². The first-order chi connectivity index (χ1) is 6.68. The average molecular weight is 200 g/mol. The Balaban J connectivity index is 1.58. The van der Waals surface area contributed by atoms with Crippen molar-refractivity contribution in [3.63, 3.8) is 0 Å². The van der Waals surface area contributed by atoms with Crippen molar-refractivity contribution in [3.05, 3.63) is 0 Å². The first kappa shape index (κ1) is 10.4. The molecule has 3 heteroatoms. The molecule has 82 valence electrons. The Bertz CT molecular complexity index is 181. The average Bonchev–Trinajstić information content (AvgIpc) is 2.54. The van der Waals surface area contributed by atoms with Gasteiger partial charge in [0, 0.05) is 12.5 Å². The molecule has 1 saturated carbocycles. The molecule has 1 atom stereocenters. The van der Waals surface area contributed by atoms with E-state index < -0.39 is 5.60 Å². The molecule has 0 spiro atoms. The lowest BCUT2D eigenvalue weighted by molar-refractivity contribution is -0.124. The van der Waals surface area contributed by atoms with Crippen molar-refractivity contribution in [3.8, 4) is 0 Å². The number of rotatable bonds is 4. The second kappa shape index (κ2) is 4.17. The van der Waals surface area contributed by atoms with Crippen LogP contribution >= 0.6 is 0 Å². The summed E-state index contributed by atoms with van der Waals surface area (Å²) in [6.45, 7) is 5.12. The van der Waals surface area contributed by atoms with Crippen molar-refractivity contribution in [1.82, 2.24) is 0 Å². The number of hydrogen-bond donors (Lipinski definition) is 1. The van der Waals surface area contributed by atoms with Crippen LogP contribution < -0.4 is 0 Å². The summed E-state index contributed by atoms with van der Waals surface area (Å²) in [5, 5.41) is 9.90. The third-order valence-corrected chi connectivity index (χ3v) is 3.21. The molecule has 0 radical (unpaired) electrons. The van der Waals surface area contributed by atoms with E-state index in [0.29, 0.717) is 18.4 Å². The monoisotopic (exact) mass is 200 g/mol. The van der Waals surface area contributed by atoms with Gasteiger partial charge in [-0.1, -0.05) is 6.92 Å². The first-order valence-corrected chi connectivity index (χ1v) is 5.56. The molecule has 1 aliphatic heterocycles. The highest BCUT2D eigenvalue weighted by molar-refractivity contribution is 4.92. The third kappa shape index (κ3) is 2.47. The van der Waals surface area contributed by atoms with Crippen molar-refractivity contribution >= 4 is 0 Å². The maximum Gasteiger partial charge on any atom is 0.0885 e. The van der Waals surface area contributed by atoms with Gasteiger partial charge in [-0.25, -0.2) is 0 Å². The van der Waals surface area contributed by atoms with Gasteiger partial charge in [0.1, 0.15) is 0 Å². The van der Waals surface area contributed by atoms with Gasteiger partial charge in [0.2, 0.25) is 0 Å². The maximum absolute atomic E-state index is 9.90. The normalized spacial score (nSPS) is 42.4. The molecule has 2 rings (SSSR count). The Kier molecular flexibility index (Phi) is 3.10. The largest absolute Gasteiger partial charge is 0.387 e. The zero-order chi connectivity index (χ0) is 10.0. The molecule has 3 nitrogen and oxygen atoms in total. The van der Waals surface area contributed by atoms with Crippen molar-refractivity contribution in [2.45, 2.75) is 31.8 Å². The summed E-state index contributed by atoms with van der Waals surface area (Å²) in [6.07, 6.45) is 2.90. The lowest BCUT2D eigenvalue weighted by Gasteiger charge is -2.41. The Hall–Kier alpha value is -0.120. The summed E-state index contributed by atoms with van der Waals surface area (Å²) in [5.41, 5.74) is -0.515. The van der Waals surface area contributed by atoms with Crippen molar-refractivity contribution in [1.29, 1.82) is 0 Å². The zero-order valence-electron chi connectivity index (χ0n) is 8.87. The fraction of sp³-hybridized carbons (Fsp3) is 1.00. The van der Waals surface area contributed by atoms with Crippen LogP contribution in [0.3, 0.4) is 0 Å². The summed E-state index contributed by atoms with van der Waals surface area (Å²) in [7, 11) is 0. The van der Waals surface area contributed by atoms with Gasteiger partial charge in [0.25, 0.3) is 0 Å². The minimum atomic E-state index is -0.515. The van der Waals surface area contributed by atoms with Crippen LogP contribution in [0.2, 0.25) is 0 Å². The van der Waals surface area contributed by atoms with Crippen LogP contribution in [0.4, 0.5) is 0 Å². The van der Waals surface area contributed by atoms with Crippen LogP contribution in [-0.2, 0) is 9.47 Å². The van der Waals surface area contributed by atoms with Crippen LogP contribution in [0.15, 0.2) is 0 Å². The van der Waals surface area contributed by atoms with E-state index in [1.54, 1.807) is 0 Å². The topological polar surface area (TPSA) is 38.7 Å². The Labute approximate surface area is 85.4 Å². The second-order valence-electron chi connectivity index (χ2n) is 4.98. The van der Waals surface area contributed by atoms with Crippen LogP contribution in [0, 0.1) is 11.8 Å². The van der Waals surface area contributed by atoms with E-state index in [4.69, 9.17) is 9.47 Å². The van der Waals surface area contributed by atoms with Gasteiger partial charge < -0.3 is 14.6 Å². The predicted molar refractivity (Wildman–Crippen MR) is 53.1 cm³/mol. The molecule has 0 aromatic heterocycles. The van der Waals surface area contributed by atoms with Gasteiger partial charge >= 0.3 is 0 Å². The van der Waals surface area contributed by atoms with Crippen LogP contribution in [0.5, 0.6) is 0 Å². The second-order valence-corrected chi connectivity index (χ2v) is 4.98. The number of aliphatic hydroxyl groups is 1. The van der Waals surface area contributed by atoms with Crippen LogP contribution in [0.1, 0.15) is 26.2 Å².